The van der Waals surface area contributed by atoms with Crippen LogP contribution in [0.5, 0.6) is 0 Å². The summed E-state index contributed by atoms with van der Waals surface area (Å²) in [6.45, 7) is 4.02. The molecule has 0 bridgehead atoms. The van der Waals surface area contributed by atoms with Crippen molar-refractivity contribution < 1.29 is 4.98 Å². The van der Waals surface area contributed by atoms with E-state index in [0.717, 1.165) is 28.8 Å². The van der Waals surface area contributed by atoms with Gasteiger partial charge in [0.05, 0.1) is 0 Å². The molecule has 0 aromatic carbocycles. The number of nitrogens with zero attached hydrogens (tertiary/aromatic N) is 2. The number of aromatic nitrogens is 2. The number of hydrogen-bond donors (Lipinski definition) is 1. The van der Waals surface area contributed by atoms with E-state index in [0.29, 0.717) is 11.4 Å². The number of rotatable bonds is 2. The van der Waals surface area contributed by atoms with Gasteiger partial charge in [-0.2, -0.15) is 5.26 Å². The van der Waals surface area contributed by atoms with Crippen LogP contribution < -0.4 is 10.7 Å². The van der Waals surface area contributed by atoms with Gasteiger partial charge in [0.1, 0.15) is 17.5 Å². The van der Waals surface area contributed by atoms with Gasteiger partial charge < -0.3 is 5.73 Å². The van der Waals surface area contributed by atoms with Crippen molar-refractivity contribution in [2.24, 2.45) is 0 Å². The van der Waals surface area contributed by atoms with Crippen molar-refractivity contribution in [2.45, 2.75) is 20.3 Å². The van der Waals surface area contributed by atoms with Crippen molar-refractivity contribution in [1.29, 1.82) is 5.26 Å². The average molecular weight is 239 g/mol. The molecule has 0 unspecified atom stereocenters. The zero-order chi connectivity index (χ0) is 13.1. The van der Waals surface area contributed by atoms with E-state index in [1.54, 1.807) is 0 Å². The van der Waals surface area contributed by atoms with Gasteiger partial charge in [-0.3, -0.25) is 0 Å². The standard InChI is InChI=1S/C14H14N4/c1-3-12-9(2)13(10-4-6-17-7-5-10)11(8-15)14(16)18-12/h4-7H,3H2,1-2H3,(H2,16,18)/p+1. The maximum atomic E-state index is 9.27. The molecule has 18 heavy (non-hydrogen) atoms. The minimum absolute atomic E-state index is 0.308. The fraction of sp³-hybridized carbons (Fsp3) is 0.214. The van der Waals surface area contributed by atoms with Gasteiger partial charge in [-0.25, -0.2) is 9.97 Å². The topological polar surface area (TPSA) is 76.8 Å². The predicted molar refractivity (Wildman–Crippen MR) is 69.5 cm³/mol. The molecule has 2 aromatic rings. The van der Waals surface area contributed by atoms with Crippen LogP contribution in [0, 0.1) is 18.3 Å². The van der Waals surface area contributed by atoms with Crippen LogP contribution in [-0.4, -0.2) is 4.98 Å². The molecule has 0 fully saturated rings. The van der Waals surface area contributed by atoms with Crippen LogP contribution in [0.25, 0.3) is 11.1 Å². The smallest absolute Gasteiger partial charge is 0.167 e. The molecule has 0 atom stereocenters. The van der Waals surface area contributed by atoms with Crippen LogP contribution in [0.15, 0.2) is 24.5 Å². The third kappa shape index (κ3) is 1.91. The zero-order valence-electron chi connectivity index (χ0n) is 10.5. The molecule has 2 aromatic heterocycles. The molecule has 0 radical (unpaired) electrons. The Balaban J connectivity index is 2.80. The molecule has 0 saturated carbocycles. The molecule has 0 amide bonds. The highest BCUT2D eigenvalue weighted by atomic mass is 14.8. The van der Waals surface area contributed by atoms with Gasteiger partial charge in [0.2, 0.25) is 0 Å². The number of nitrogen functional groups attached to an aromatic ring is 1. The van der Waals surface area contributed by atoms with Crippen molar-refractivity contribution in [1.82, 2.24) is 4.98 Å². The molecule has 0 spiro atoms. The maximum absolute atomic E-state index is 9.27. The van der Waals surface area contributed by atoms with Crippen molar-refractivity contribution in [3.8, 4) is 17.2 Å². The highest BCUT2D eigenvalue weighted by molar-refractivity contribution is 5.78. The Hall–Kier alpha value is -2.41. The van der Waals surface area contributed by atoms with E-state index in [9.17, 15) is 5.26 Å². The highest BCUT2D eigenvalue weighted by Crippen LogP contribution is 2.31. The second-order valence-corrected chi connectivity index (χ2v) is 4.07. The number of hydrogen-bond acceptors (Lipinski definition) is 3. The fourth-order valence-corrected chi connectivity index (χ4v) is 2.12. The molecular weight excluding hydrogens is 224 g/mol. The maximum Gasteiger partial charge on any atom is 0.167 e. The Morgan fingerprint density at radius 3 is 2.61 bits per heavy atom. The quantitative estimate of drug-likeness (QED) is 0.869. The van der Waals surface area contributed by atoms with Crippen LogP contribution in [0.2, 0.25) is 0 Å². The van der Waals surface area contributed by atoms with Crippen LogP contribution in [0.1, 0.15) is 23.7 Å². The molecule has 0 aliphatic carbocycles. The van der Waals surface area contributed by atoms with E-state index < -0.39 is 0 Å². The Morgan fingerprint density at radius 2 is 2.06 bits per heavy atom. The number of aromatic amines is 1. The van der Waals surface area contributed by atoms with Crippen molar-refractivity contribution in [2.75, 3.05) is 5.73 Å². The van der Waals surface area contributed by atoms with Gasteiger partial charge in [-0.15, -0.1) is 0 Å². The molecule has 3 N–H and O–H groups in total. The van der Waals surface area contributed by atoms with Gasteiger partial charge in [0.15, 0.2) is 12.4 Å². The zero-order valence-corrected chi connectivity index (χ0v) is 10.5. The Bertz CT molecular complexity index is 611. The summed E-state index contributed by atoms with van der Waals surface area (Å²) in [7, 11) is 0. The fourth-order valence-electron chi connectivity index (χ4n) is 2.12. The Kier molecular flexibility index (Phi) is 3.24. The van der Waals surface area contributed by atoms with E-state index >= 15 is 0 Å². The number of anilines is 1. The SMILES string of the molecule is CCc1nc(N)c(C#N)c(-c2cc[nH+]cc2)c1C. The van der Waals surface area contributed by atoms with Gasteiger partial charge in [-0.05, 0) is 24.5 Å². The minimum atomic E-state index is 0.308. The number of pyridine rings is 2. The largest absolute Gasteiger partial charge is 0.383 e. The lowest BCUT2D eigenvalue weighted by Gasteiger charge is -2.13. The van der Waals surface area contributed by atoms with Crippen LogP contribution in [0.3, 0.4) is 0 Å². The molecule has 4 nitrogen and oxygen atoms in total. The average Bonchev–Trinajstić information content (AvgIpc) is 2.41. The molecular formula is C14H15N4+. The number of nitrogens with one attached hydrogen (secondary N) is 1. The summed E-state index contributed by atoms with van der Waals surface area (Å²) in [4.78, 5) is 7.27. The highest BCUT2D eigenvalue weighted by Gasteiger charge is 2.16. The number of nitrogens with two attached hydrogens (primary N) is 1. The molecule has 2 rings (SSSR count). The third-order valence-corrected chi connectivity index (χ3v) is 3.02. The van der Waals surface area contributed by atoms with E-state index in [2.05, 4.69) is 16.0 Å². The van der Waals surface area contributed by atoms with E-state index in [-0.39, 0.29) is 0 Å². The molecule has 0 saturated heterocycles. The van der Waals surface area contributed by atoms with Crippen molar-refractivity contribution in [3.05, 3.63) is 41.3 Å². The summed E-state index contributed by atoms with van der Waals surface area (Å²) < 4.78 is 0. The monoisotopic (exact) mass is 239 g/mol. The van der Waals surface area contributed by atoms with Gasteiger partial charge >= 0.3 is 0 Å². The van der Waals surface area contributed by atoms with E-state index in [1.165, 1.54) is 0 Å². The molecule has 90 valence electrons. The summed E-state index contributed by atoms with van der Waals surface area (Å²) in [5.74, 6) is 0.308. The second kappa shape index (κ2) is 4.84. The van der Waals surface area contributed by atoms with Crippen molar-refractivity contribution >= 4 is 5.82 Å². The first kappa shape index (κ1) is 12.1. The van der Waals surface area contributed by atoms with Gasteiger partial charge in [-0.1, -0.05) is 6.92 Å². The van der Waals surface area contributed by atoms with Crippen LogP contribution >= 0.6 is 0 Å². The summed E-state index contributed by atoms with van der Waals surface area (Å²) in [6, 6.07) is 6.02. The predicted octanol–water partition coefficient (Wildman–Crippen LogP) is 1.89. The third-order valence-electron chi connectivity index (χ3n) is 3.02. The van der Waals surface area contributed by atoms with Gasteiger partial charge in [0, 0.05) is 23.4 Å². The Labute approximate surface area is 106 Å². The molecule has 4 heteroatoms. The summed E-state index contributed by atoms with van der Waals surface area (Å²) >= 11 is 0. The van der Waals surface area contributed by atoms with Crippen LogP contribution in [-0.2, 0) is 6.42 Å². The van der Waals surface area contributed by atoms with E-state index in [4.69, 9.17) is 5.73 Å². The summed E-state index contributed by atoms with van der Waals surface area (Å²) in [6.07, 6.45) is 4.46. The normalized spacial score (nSPS) is 10.1. The first-order valence-electron chi connectivity index (χ1n) is 5.84. The van der Waals surface area contributed by atoms with Gasteiger partial charge in [0.25, 0.3) is 0 Å². The lowest BCUT2D eigenvalue weighted by atomic mass is 9.95. The molecule has 2 heterocycles. The molecule has 0 aliphatic heterocycles. The number of aryl methyl sites for hydroxylation is 1. The molecule has 0 aliphatic rings. The van der Waals surface area contributed by atoms with Crippen LogP contribution in [0.4, 0.5) is 5.82 Å². The first-order chi connectivity index (χ1) is 8.69. The Morgan fingerprint density at radius 1 is 1.39 bits per heavy atom. The first-order valence-corrected chi connectivity index (χ1v) is 5.84. The van der Waals surface area contributed by atoms with Crippen molar-refractivity contribution in [3.63, 3.8) is 0 Å². The summed E-state index contributed by atoms with van der Waals surface area (Å²) in [5.41, 5.74) is 10.2. The number of H-pyrrole nitrogens is 1. The number of nitriles is 1. The lowest BCUT2D eigenvalue weighted by molar-refractivity contribution is -0.377. The lowest BCUT2D eigenvalue weighted by Crippen LogP contribution is -2.06. The van der Waals surface area contributed by atoms with E-state index in [1.807, 2.05) is 38.4 Å². The summed E-state index contributed by atoms with van der Waals surface area (Å²) in [5, 5.41) is 9.27. The second-order valence-electron chi connectivity index (χ2n) is 4.07. The minimum Gasteiger partial charge on any atom is -0.383 e.